The van der Waals surface area contributed by atoms with Gasteiger partial charge < -0.3 is 19.5 Å². The average molecular weight is 491 g/mol. The number of benzene rings is 1. The van der Waals surface area contributed by atoms with Crippen LogP contribution in [0.5, 0.6) is 0 Å². The van der Waals surface area contributed by atoms with Gasteiger partial charge in [0, 0.05) is 19.1 Å². The van der Waals surface area contributed by atoms with Gasteiger partial charge in [0.25, 0.3) is 0 Å². The molecule has 7 nitrogen and oxygen atoms in total. The molecule has 1 saturated heterocycles. The minimum absolute atomic E-state index is 0.00947. The fraction of sp³-hybridized carbons (Fsp3) is 0.450. The largest absolute Gasteiger partial charge is 0.471 e. The van der Waals surface area contributed by atoms with Crippen LogP contribution in [0.4, 0.5) is 27.6 Å². The highest BCUT2D eigenvalue weighted by Crippen LogP contribution is 2.47. The molecular weight excluding hydrogens is 473 g/mol. The van der Waals surface area contributed by atoms with Gasteiger partial charge in [0.15, 0.2) is 5.82 Å². The number of esters is 1. The van der Waals surface area contributed by atoms with E-state index in [9.17, 15) is 27.6 Å². The molecule has 3 heterocycles. The molecule has 0 radical (unpaired) electrons. The molecule has 1 aromatic heterocycles. The highest BCUT2D eigenvalue weighted by molar-refractivity contribution is 8.00. The molecule has 0 saturated carbocycles. The van der Waals surface area contributed by atoms with Crippen LogP contribution in [0.25, 0.3) is 10.9 Å². The minimum Gasteiger partial charge on any atom is -0.462 e. The van der Waals surface area contributed by atoms with Gasteiger partial charge in [-0.2, -0.15) is 13.2 Å². The zero-order chi connectivity index (χ0) is 24.2. The van der Waals surface area contributed by atoms with Gasteiger partial charge in [0.2, 0.25) is 5.43 Å². The summed E-state index contributed by atoms with van der Waals surface area (Å²) >= 11 is 1.16. The number of thioether (sulfide) groups is 1. The number of anilines is 1. The summed E-state index contributed by atoms with van der Waals surface area (Å²) in [5.41, 5.74) is -1.87. The Kier molecular flexibility index (Phi) is 5.79. The first kappa shape index (κ1) is 23.3. The van der Waals surface area contributed by atoms with Gasteiger partial charge in [-0.15, -0.1) is 0 Å². The monoisotopic (exact) mass is 491 g/mol. The number of hydrogen-bond donors (Lipinski definition) is 1. The molecule has 33 heavy (non-hydrogen) atoms. The van der Waals surface area contributed by atoms with Gasteiger partial charge in [0.05, 0.1) is 27.9 Å². The summed E-state index contributed by atoms with van der Waals surface area (Å²) in [7, 11) is 0. The summed E-state index contributed by atoms with van der Waals surface area (Å²) in [6.45, 7) is 3.02. The molecule has 2 aliphatic heterocycles. The summed E-state index contributed by atoms with van der Waals surface area (Å²) in [4.78, 5) is 37.6. The number of carbonyl (C=O) groups excluding carboxylic acids is 2. The molecule has 178 valence electrons. The summed E-state index contributed by atoms with van der Waals surface area (Å²) in [6, 6.07) is -0.136. The second-order valence-electron chi connectivity index (χ2n) is 7.64. The second-order valence-corrected chi connectivity index (χ2v) is 8.94. The Labute approximate surface area is 187 Å². The molecule has 2 aliphatic rings. The first-order valence-electron chi connectivity index (χ1n) is 10.0. The quantitative estimate of drug-likeness (QED) is 0.522. The molecule has 1 fully saturated rings. The number of fused-ring (bicyclic) bond motifs is 3. The predicted molar refractivity (Wildman–Crippen MR) is 109 cm³/mol. The highest BCUT2D eigenvalue weighted by Gasteiger charge is 2.41. The highest BCUT2D eigenvalue weighted by atomic mass is 32.2. The number of nitrogens with zero attached hydrogens (tertiary/aromatic N) is 2. The van der Waals surface area contributed by atoms with E-state index < -0.39 is 46.8 Å². The number of carbonyl (C=O) groups is 2. The lowest BCUT2D eigenvalue weighted by Crippen LogP contribution is -2.44. The van der Waals surface area contributed by atoms with E-state index in [0.29, 0.717) is 0 Å². The Morgan fingerprint density at radius 3 is 2.61 bits per heavy atom. The maximum Gasteiger partial charge on any atom is 0.471 e. The molecule has 1 unspecified atom stereocenters. The number of halogens is 5. The van der Waals surface area contributed by atoms with Gasteiger partial charge in [-0.3, -0.25) is 9.59 Å². The maximum absolute atomic E-state index is 15.6. The molecule has 13 heteroatoms. The molecule has 4 rings (SSSR count). The third kappa shape index (κ3) is 3.81. The second kappa shape index (κ2) is 8.19. The van der Waals surface area contributed by atoms with Crippen molar-refractivity contribution in [2.24, 2.45) is 0 Å². The van der Waals surface area contributed by atoms with Crippen molar-refractivity contribution in [2.45, 2.75) is 42.9 Å². The van der Waals surface area contributed by atoms with Crippen LogP contribution in [0.1, 0.15) is 36.0 Å². The molecule has 2 aromatic rings. The Morgan fingerprint density at radius 1 is 1.30 bits per heavy atom. The van der Waals surface area contributed by atoms with Gasteiger partial charge in [-0.05, 0) is 26.3 Å². The van der Waals surface area contributed by atoms with Crippen molar-refractivity contribution in [3.8, 4) is 0 Å². The van der Waals surface area contributed by atoms with Gasteiger partial charge in [-0.1, -0.05) is 11.8 Å². The molecule has 1 aromatic carbocycles. The fourth-order valence-electron chi connectivity index (χ4n) is 4.11. The van der Waals surface area contributed by atoms with Gasteiger partial charge >= 0.3 is 18.1 Å². The molecule has 0 spiro atoms. The summed E-state index contributed by atoms with van der Waals surface area (Å²) in [5.74, 6) is -5.18. The molecule has 1 amide bonds. The summed E-state index contributed by atoms with van der Waals surface area (Å²) in [6.07, 6.45) is -5.02. The van der Waals surface area contributed by atoms with Crippen LogP contribution in [0.3, 0.4) is 0 Å². The van der Waals surface area contributed by atoms with Crippen molar-refractivity contribution in [1.82, 2.24) is 9.88 Å². The molecular formula is C20H18F5N3O4S. The van der Waals surface area contributed by atoms with Gasteiger partial charge in [0.1, 0.15) is 17.1 Å². The third-order valence-electron chi connectivity index (χ3n) is 5.54. The van der Waals surface area contributed by atoms with Crippen LogP contribution < -0.4 is 15.6 Å². The SMILES string of the molecule is CCOC(=O)c1c2n(c3c(F)c(N4CC[C@@H](NC(=O)C(F)(F)F)C4)c(F)cc3c1=O)C(C)S2. The Bertz CT molecular complexity index is 1230. The van der Waals surface area contributed by atoms with Crippen molar-refractivity contribution in [1.29, 1.82) is 0 Å². The minimum atomic E-state index is -5.07. The summed E-state index contributed by atoms with van der Waals surface area (Å²) < 4.78 is 74.5. The predicted octanol–water partition coefficient (Wildman–Crippen LogP) is 3.34. The van der Waals surface area contributed by atoms with Crippen molar-refractivity contribution in [3.05, 3.63) is 33.5 Å². The van der Waals surface area contributed by atoms with Crippen LogP contribution >= 0.6 is 11.8 Å². The lowest BCUT2D eigenvalue weighted by atomic mass is 10.1. The van der Waals surface area contributed by atoms with E-state index in [1.807, 2.05) is 5.32 Å². The van der Waals surface area contributed by atoms with E-state index in [1.165, 1.54) is 9.47 Å². The number of aromatic nitrogens is 1. The first-order chi connectivity index (χ1) is 15.5. The number of hydrogen-bond acceptors (Lipinski definition) is 6. The van der Waals surface area contributed by atoms with E-state index in [0.717, 1.165) is 17.8 Å². The number of amides is 1. The van der Waals surface area contributed by atoms with Crippen LogP contribution in [0.15, 0.2) is 15.9 Å². The molecule has 2 atom stereocenters. The van der Waals surface area contributed by atoms with Crippen molar-refractivity contribution < 1.29 is 36.3 Å². The number of ether oxygens (including phenoxy) is 1. The average Bonchev–Trinajstić information content (AvgIpc) is 3.16. The lowest BCUT2D eigenvalue weighted by Gasteiger charge is -2.33. The standard InChI is InChI=1S/C20H18F5N3O4S/c1-3-32-18(30)12-16(29)10-6-11(21)15(13(22)14(10)28-8(2)33-17(12)28)27-5-4-9(7-27)26-19(31)20(23,24)25/h6,8-9H,3-5,7H2,1-2H3,(H,26,31)/t8?,9-/m1/s1. The number of nitrogens with one attached hydrogen (secondary N) is 1. The van der Waals surface area contributed by atoms with Crippen LogP contribution in [-0.2, 0) is 9.53 Å². The Hall–Kier alpha value is -2.83. The zero-order valence-corrected chi connectivity index (χ0v) is 18.2. The number of rotatable bonds is 4. The van der Waals surface area contributed by atoms with Crippen molar-refractivity contribution >= 4 is 40.2 Å². The van der Waals surface area contributed by atoms with E-state index in [-0.39, 0.29) is 53.0 Å². The van der Waals surface area contributed by atoms with Crippen LogP contribution in [-0.4, -0.2) is 48.4 Å². The third-order valence-corrected chi connectivity index (χ3v) is 6.71. The zero-order valence-electron chi connectivity index (χ0n) is 17.4. The summed E-state index contributed by atoms with van der Waals surface area (Å²) in [5, 5.41) is 1.32. The van der Waals surface area contributed by atoms with E-state index in [4.69, 9.17) is 4.74 Å². The maximum atomic E-state index is 15.6. The molecule has 0 aliphatic carbocycles. The van der Waals surface area contributed by atoms with Crippen LogP contribution in [0, 0.1) is 11.6 Å². The van der Waals surface area contributed by atoms with Crippen molar-refractivity contribution in [3.63, 3.8) is 0 Å². The normalized spacial score (nSPS) is 19.9. The lowest BCUT2D eigenvalue weighted by molar-refractivity contribution is -0.174. The Balaban J connectivity index is 1.77. The topological polar surface area (TPSA) is 80.6 Å². The van der Waals surface area contributed by atoms with Crippen molar-refractivity contribution in [2.75, 3.05) is 24.6 Å². The number of pyridine rings is 1. The smallest absolute Gasteiger partial charge is 0.462 e. The Morgan fingerprint density at radius 2 is 2.00 bits per heavy atom. The fourth-order valence-corrected chi connectivity index (χ4v) is 5.25. The van der Waals surface area contributed by atoms with E-state index >= 15 is 8.78 Å². The molecule has 1 N–H and O–H groups in total. The van der Waals surface area contributed by atoms with Crippen LogP contribution in [0.2, 0.25) is 0 Å². The number of alkyl halides is 3. The van der Waals surface area contributed by atoms with E-state index in [1.54, 1.807) is 13.8 Å². The first-order valence-corrected chi connectivity index (χ1v) is 10.9. The van der Waals surface area contributed by atoms with E-state index in [2.05, 4.69) is 0 Å². The molecule has 0 bridgehead atoms. The van der Waals surface area contributed by atoms with Gasteiger partial charge in [-0.25, -0.2) is 13.6 Å².